The molecule has 1 saturated carbocycles. The molecule has 0 atom stereocenters. The summed E-state index contributed by atoms with van der Waals surface area (Å²) >= 11 is 0. The number of ketones is 1. The van der Waals surface area contributed by atoms with Gasteiger partial charge < -0.3 is 15.1 Å². The van der Waals surface area contributed by atoms with E-state index in [2.05, 4.69) is 17.0 Å². The molecule has 2 aromatic carbocycles. The molecule has 0 spiro atoms. The van der Waals surface area contributed by atoms with E-state index < -0.39 is 23.7 Å². The van der Waals surface area contributed by atoms with Gasteiger partial charge in [-0.25, -0.2) is 4.79 Å². The molecule has 0 aromatic heterocycles. The van der Waals surface area contributed by atoms with Crippen LogP contribution in [0.25, 0.3) is 0 Å². The first-order valence-corrected chi connectivity index (χ1v) is 15.1. The quantitative estimate of drug-likeness (QED) is 0.156. The van der Waals surface area contributed by atoms with Crippen LogP contribution in [0.1, 0.15) is 92.2 Å². The van der Waals surface area contributed by atoms with Crippen LogP contribution >= 0.6 is 0 Å². The van der Waals surface area contributed by atoms with Crippen LogP contribution in [0.15, 0.2) is 53.7 Å². The van der Waals surface area contributed by atoms with Crippen LogP contribution in [0.5, 0.6) is 0 Å². The van der Waals surface area contributed by atoms with Gasteiger partial charge in [-0.3, -0.25) is 14.5 Å². The molecule has 0 bridgehead atoms. The standard InChI is InChI=1S/C29H35F3N2O3.C5H6O3/c1-3-21-14-23(10-11-24(21)15-34-16-25(17-34)28(35)36)19(2)33-37-18-20-9-12-26(22-7-5-4-6-8-22)27(13-20)29(30,31)32;1-4(6)2-3-5(7)8/h9-14,22,25H,3-8,15-18H2,1-2H3,(H,35,36);2-3H,1H3,(H,7,8)/b33-19+;3-2+. The van der Waals surface area contributed by atoms with E-state index in [0.717, 1.165) is 67.4 Å². The largest absolute Gasteiger partial charge is 0.481 e. The third kappa shape index (κ3) is 10.8. The molecule has 1 aliphatic heterocycles. The lowest BCUT2D eigenvalue weighted by atomic mass is 9.81. The van der Waals surface area contributed by atoms with Gasteiger partial charge in [-0.1, -0.05) is 55.6 Å². The molecule has 0 amide bonds. The number of carbonyl (C=O) groups is 3. The summed E-state index contributed by atoms with van der Waals surface area (Å²) in [7, 11) is 0. The van der Waals surface area contributed by atoms with Crippen molar-refractivity contribution in [3.63, 3.8) is 0 Å². The molecule has 1 saturated heterocycles. The van der Waals surface area contributed by atoms with Crippen LogP contribution in [0.3, 0.4) is 0 Å². The van der Waals surface area contributed by atoms with Crippen LogP contribution in [-0.2, 0) is 45.0 Å². The second kappa shape index (κ2) is 16.4. The molecule has 0 radical (unpaired) electrons. The van der Waals surface area contributed by atoms with Crippen molar-refractivity contribution in [2.45, 2.75) is 84.5 Å². The van der Waals surface area contributed by atoms with E-state index in [1.165, 1.54) is 13.0 Å². The molecule has 1 heterocycles. The summed E-state index contributed by atoms with van der Waals surface area (Å²) < 4.78 is 41.5. The number of oxime groups is 1. The van der Waals surface area contributed by atoms with Crippen LogP contribution in [0.2, 0.25) is 0 Å². The number of rotatable bonds is 11. The van der Waals surface area contributed by atoms with Gasteiger partial charge in [0.1, 0.15) is 6.61 Å². The number of likely N-dealkylation sites (tertiary alicyclic amines) is 1. The summed E-state index contributed by atoms with van der Waals surface area (Å²) in [5.41, 5.74) is 4.13. The van der Waals surface area contributed by atoms with E-state index >= 15 is 0 Å². The number of nitrogens with zero attached hydrogens (tertiary/aromatic N) is 2. The summed E-state index contributed by atoms with van der Waals surface area (Å²) in [5, 5.41) is 21.2. The van der Waals surface area contributed by atoms with E-state index in [1.807, 2.05) is 25.1 Å². The first kappa shape index (κ1) is 35.5. The fourth-order valence-electron chi connectivity index (χ4n) is 5.58. The molecule has 244 valence electrons. The van der Waals surface area contributed by atoms with Crippen LogP contribution in [0.4, 0.5) is 13.2 Å². The van der Waals surface area contributed by atoms with Gasteiger partial charge >= 0.3 is 18.1 Å². The fourth-order valence-corrected chi connectivity index (χ4v) is 5.58. The number of allylic oxidation sites excluding steroid dienone is 1. The van der Waals surface area contributed by atoms with Gasteiger partial charge in [-0.05, 0) is 85.1 Å². The summed E-state index contributed by atoms with van der Waals surface area (Å²) in [4.78, 5) is 38.3. The van der Waals surface area contributed by atoms with Crippen molar-refractivity contribution in [2.75, 3.05) is 13.1 Å². The van der Waals surface area contributed by atoms with Crippen molar-refractivity contribution in [2.24, 2.45) is 11.1 Å². The highest BCUT2D eigenvalue weighted by Gasteiger charge is 2.36. The highest BCUT2D eigenvalue weighted by Crippen LogP contribution is 2.41. The van der Waals surface area contributed by atoms with Crippen molar-refractivity contribution in [1.82, 2.24) is 4.90 Å². The minimum atomic E-state index is -4.40. The SMILES string of the molecule is CC(=O)/C=C/C(=O)O.CCc1cc(/C(C)=N/OCc2ccc(C3CCCCC3)c(C(F)(F)F)c2)ccc1CN1CC(C(=O)O)C1. The lowest BCUT2D eigenvalue weighted by Gasteiger charge is -2.37. The Morgan fingerprint density at radius 2 is 1.67 bits per heavy atom. The predicted molar refractivity (Wildman–Crippen MR) is 164 cm³/mol. The minimum absolute atomic E-state index is 0.0315. The number of benzene rings is 2. The van der Waals surface area contributed by atoms with Crippen molar-refractivity contribution in [3.8, 4) is 0 Å². The normalized spacial score (nSPS) is 16.5. The van der Waals surface area contributed by atoms with E-state index in [0.29, 0.717) is 36.5 Å². The summed E-state index contributed by atoms with van der Waals surface area (Å²) in [6, 6.07) is 10.6. The second-order valence-corrected chi connectivity index (χ2v) is 11.6. The average Bonchev–Trinajstić information content (AvgIpc) is 2.97. The van der Waals surface area contributed by atoms with E-state index in [1.54, 1.807) is 12.1 Å². The maximum atomic E-state index is 13.8. The number of aliphatic carboxylic acids is 2. The van der Waals surface area contributed by atoms with Crippen molar-refractivity contribution in [3.05, 3.63) is 81.9 Å². The summed E-state index contributed by atoms with van der Waals surface area (Å²) in [6.07, 6.45) is 2.89. The van der Waals surface area contributed by atoms with Crippen molar-refractivity contribution < 1.29 is 42.6 Å². The number of halogens is 3. The van der Waals surface area contributed by atoms with E-state index in [4.69, 9.17) is 15.1 Å². The van der Waals surface area contributed by atoms with Gasteiger partial charge in [0.2, 0.25) is 0 Å². The molecule has 4 rings (SSSR count). The molecule has 0 unspecified atom stereocenters. The van der Waals surface area contributed by atoms with E-state index in [-0.39, 0.29) is 24.2 Å². The summed E-state index contributed by atoms with van der Waals surface area (Å²) in [5.74, 6) is -2.42. The third-order valence-electron chi connectivity index (χ3n) is 8.07. The zero-order valence-corrected chi connectivity index (χ0v) is 25.9. The van der Waals surface area contributed by atoms with Crippen LogP contribution in [-0.4, -0.2) is 51.6 Å². The number of aryl methyl sites for hydroxylation is 1. The van der Waals surface area contributed by atoms with Gasteiger partial charge in [0, 0.05) is 25.7 Å². The molecule has 8 nitrogen and oxygen atoms in total. The number of carboxylic acid groups (broad SMARTS) is 2. The Kier molecular flexibility index (Phi) is 12.9. The first-order valence-electron chi connectivity index (χ1n) is 15.1. The molecule has 2 aliphatic rings. The Labute approximate surface area is 261 Å². The zero-order valence-electron chi connectivity index (χ0n) is 25.9. The topological polar surface area (TPSA) is 117 Å². The maximum Gasteiger partial charge on any atom is 0.416 e. The molecule has 2 aromatic rings. The number of hydrogen-bond donors (Lipinski definition) is 2. The lowest BCUT2D eigenvalue weighted by Crippen LogP contribution is -2.49. The van der Waals surface area contributed by atoms with Gasteiger partial charge in [-0.2, -0.15) is 13.2 Å². The molecule has 2 N–H and O–H groups in total. The molecular weight excluding hydrogens is 589 g/mol. The number of alkyl halides is 3. The van der Waals surface area contributed by atoms with Gasteiger partial charge in [0.25, 0.3) is 0 Å². The van der Waals surface area contributed by atoms with Crippen LogP contribution in [0, 0.1) is 5.92 Å². The Morgan fingerprint density at radius 1 is 0.978 bits per heavy atom. The maximum absolute atomic E-state index is 13.8. The molecule has 2 fully saturated rings. The number of carbonyl (C=O) groups excluding carboxylic acids is 1. The van der Waals surface area contributed by atoms with Gasteiger partial charge in [0.05, 0.1) is 17.2 Å². The number of carboxylic acids is 2. The Balaban J connectivity index is 0.000000610. The Hall–Kier alpha value is -3.99. The Bertz CT molecular complexity index is 1390. The average molecular weight is 631 g/mol. The Morgan fingerprint density at radius 3 is 2.22 bits per heavy atom. The molecular formula is C34H41F3N2O6. The lowest BCUT2D eigenvalue weighted by molar-refractivity contribution is -0.147. The van der Waals surface area contributed by atoms with Gasteiger partial charge in [0.15, 0.2) is 5.78 Å². The van der Waals surface area contributed by atoms with E-state index in [9.17, 15) is 27.6 Å². The first-order chi connectivity index (χ1) is 21.3. The fraction of sp³-hybridized carbons (Fsp3) is 0.471. The highest BCUT2D eigenvalue weighted by molar-refractivity contribution is 5.98. The smallest absolute Gasteiger partial charge is 0.416 e. The number of hydrogen-bond acceptors (Lipinski definition) is 6. The highest BCUT2D eigenvalue weighted by atomic mass is 19.4. The van der Waals surface area contributed by atoms with Crippen molar-refractivity contribution >= 4 is 23.4 Å². The van der Waals surface area contributed by atoms with Crippen LogP contribution < -0.4 is 0 Å². The second-order valence-electron chi connectivity index (χ2n) is 11.6. The minimum Gasteiger partial charge on any atom is -0.481 e. The zero-order chi connectivity index (χ0) is 33.1. The predicted octanol–water partition coefficient (Wildman–Crippen LogP) is 6.99. The molecule has 45 heavy (non-hydrogen) atoms. The van der Waals surface area contributed by atoms with Crippen molar-refractivity contribution in [1.29, 1.82) is 0 Å². The third-order valence-corrected chi connectivity index (χ3v) is 8.07. The van der Waals surface area contributed by atoms with Gasteiger partial charge in [-0.15, -0.1) is 0 Å². The monoisotopic (exact) mass is 630 g/mol. The molecule has 11 heteroatoms. The molecule has 1 aliphatic carbocycles. The summed E-state index contributed by atoms with van der Waals surface area (Å²) in [6.45, 7) is 6.96.